The highest BCUT2D eigenvalue weighted by Crippen LogP contribution is 2.43. The number of carbonyl (C=O) groups is 3. The molecule has 10 heteroatoms. The molecule has 2 heterocycles. The van der Waals surface area contributed by atoms with E-state index in [1.807, 2.05) is 45.9 Å². The number of carbonyl (C=O) groups excluding carboxylic acids is 3. The zero-order valence-corrected chi connectivity index (χ0v) is 30.7. The molecule has 0 unspecified atom stereocenters. The molecule has 2 fully saturated rings. The van der Waals surface area contributed by atoms with Crippen LogP contribution in [0.4, 0.5) is 10.5 Å². The summed E-state index contributed by atoms with van der Waals surface area (Å²) < 4.78 is 30.9. The first-order valence-electron chi connectivity index (χ1n) is 16.4. The molecule has 1 aromatic rings. The summed E-state index contributed by atoms with van der Waals surface area (Å²) in [6.45, 7) is 23.5. The van der Waals surface area contributed by atoms with Gasteiger partial charge in [-0.3, -0.25) is 9.69 Å². The van der Waals surface area contributed by atoms with Gasteiger partial charge in [-0.1, -0.05) is 45.9 Å². The molecule has 1 saturated heterocycles. The lowest BCUT2D eigenvalue weighted by molar-refractivity contribution is -0.152. The predicted octanol–water partition coefficient (Wildman–Crippen LogP) is 8.22. The molecule has 2 aliphatic heterocycles. The first-order chi connectivity index (χ1) is 21.1. The fourth-order valence-electron chi connectivity index (χ4n) is 5.14. The molecular formula is C36H53NO8Si. The van der Waals surface area contributed by atoms with Gasteiger partial charge in [-0.2, -0.15) is 0 Å². The monoisotopic (exact) mass is 655 g/mol. The summed E-state index contributed by atoms with van der Waals surface area (Å²) in [5.74, 6) is -1.54. The third kappa shape index (κ3) is 8.49. The van der Waals surface area contributed by atoms with Gasteiger partial charge in [0.2, 0.25) is 0 Å². The van der Waals surface area contributed by atoms with Gasteiger partial charge in [0.15, 0.2) is 11.6 Å². The second kappa shape index (κ2) is 12.9. The highest BCUT2D eigenvalue weighted by Gasteiger charge is 2.44. The van der Waals surface area contributed by atoms with E-state index in [2.05, 4.69) is 33.9 Å². The van der Waals surface area contributed by atoms with Crippen LogP contribution in [0.1, 0.15) is 104 Å². The molecule has 0 spiro atoms. The second-order valence-corrected chi connectivity index (χ2v) is 20.5. The van der Waals surface area contributed by atoms with Crippen LogP contribution in [0.5, 0.6) is 5.75 Å². The molecule has 0 N–H and O–H groups in total. The number of hydrogen-bond donors (Lipinski definition) is 0. The number of cyclic esters (lactones) is 1. The lowest BCUT2D eigenvalue weighted by Crippen LogP contribution is -2.44. The summed E-state index contributed by atoms with van der Waals surface area (Å²) in [6, 6.07) is 3.60. The summed E-state index contributed by atoms with van der Waals surface area (Å²) >= 11 is 0. The van der Waals surface area contributed by atoms with Gasteiger partial charge in [0, 0.05) is 18.0 Å². The normalized spacial score (nSPS) is 25.7. The minimum atomic E-state index is -2.48. The van der Waals surface area contributed by atoms with Crippen LogP contribution in [-0.2, 0) is 23.7 Å². The Morgan fingerprint density at radius 1 is 1.00 bits per heavy atom. The van der Waals surface area contributed by atoms with Crippen molar-refractivity contribution in [1.82, 2.24) is 0 Å². The fourth-order valence-corrected chi connectivity index (χ4v) is 6.16. The molecule has 3 aliphatic rings. The van der Waals surface area contributed by atoms with Crippen LogP contribution >= 0.6 is 0 Å². The van der Waals surface area contributed by atoms with Crippen molar-refractivity contribution in [1.29, 1.82) is 0 Å². The summed E-state index contributed by atoms with van der Waals surface area (Å²) in [6.07, 6.45) is 6.71. The summed E-state index contributed by atoms with van der Waals surface area (Å²) in [5, 5.41) is -0.167. The predicted molar refractivity (Wildman–Crippen MR) is 182 cm³/mol. The summed E-state index contributed by atoms with van der Waals surface area (Å²) in [5.41, 5.74) is 0.733. The SMILES string of the molecule is C[C@@H]1C=CC(=O)[C@H]2OC(C)(C)O[C@H]2CC=Cc2cc(N(C(=O)OC(C)(C)C)C3CC3)cc(O[Si](C)(C)C(C)(C)C)c2C(=O)O[C@H]1C. The minimum Gasteiger partial charge on any atom is -0.543 e. The summed E-state index contributed by atoms with van der Waals surface area (Å²) in [7, 11) is -2.48. The van der Waals surface area contributed by atoms with Crippen LogP contribution in [-0.4, -0.2) is 61.9 Å². The van der Waals surface area contributed by atoms with E-state index in [9.17, 15) is 14.4 Å². The molecule has 0 radical (unpaired) electrons. The number of benzene rings is 1. The summed E-state index contributed by atoms with van der Waals surface area (Å²) in [4.78, 5) is 42.6. The molecule has 46 heavy (non-hydrogen) atoms. The Kier molecular flexibility index (Phi) is 10.1. The maximum atomic E-state index is 14.1. The van der Waals surface area contributed by atoms with Gasteiger partial charge in [0.1, 0.15) is 29.1 Å². The molecule has 9 nitrogen and oxygen atoms in total. The quantitative estimate of drug-likeness (QED) is 0.236. The minimum absolute atomic E-state index is 0.0197. The lowest BCUT2D eigenvalue weighted by atomic mass is 9.99. The van der Waals surface area contributed by atoms with Crippen molar-refractivity contribution < 1.29 is 37.8 Å². The van der Waals surface area contributed by atoms with Gasteiger partial charge in [-0.25, -0.2) is 9.59 Å². The van der Waals surface area contributed by atoms with Gasteiger partial charge >= 0.3 is 12.1 Å². The average Bonchev–Trinajstić information content (AvgIpc) is 3.66. The van der Waals surface area contributed by atoms with E-state index in [0.29, 0.717) is 29.0 Å². The first kappa shape index (κ1) is 35.9. The van der Waals surface area contributed by atoms with E-state index in [0.717, 1.165) is 12.8 Å². The van der Waals surface area contributed by atoms with Gasteiger partial charge in [-0.05, 0) is 96.6 Å². The molecule has 0 bridgehead atoms. The van der Waals surface area contributed by atoms with E-state index >= 15 is 0 Å². The van der Waals surface area contributed by atoms with Gasteiger partial charge in [-0.15, -0.1) is 0 Å². The van der Waals surface area contributed by atoms with Crippen LogP contribution in [0.2, 0.25) is 18.1 Å². The molecule has 4 atom stereocenters. The number of hydrogen-bond acceptors (Lipinski definition) is 8. The van der Waals surface area contributed by atoms with Crippen LogP contribution in [0.3, 0.4) is 0 Å². The third-order valence-electron chi connectivity index (χ3n) is 9.00. The number of amides is 1. The van der Waals surface area contributed by atoms with E-state index in [-0.39, 0.29) is 22.8 Å². The number of rotatable bonds is 4. The van der Waals surface area contributed by atoms with E-state index < -0.39 is 50.1 Å². The Morgan fingerprint density at radius 2 is 1.65 bits per heavy atom. The molecule has 1 saturated carbocycles. The molecule has 0 aromatic heterocycles. The lowest BCUT2D eigenvalue weighted by Gasteiger charge is -2.37. The largest absolute Gasteiger partial charge is 0.543 e. The highest BCUT2D eigenvalue weighted by atomic mass is 28.4. The van der Waals surface area contributed by atoms with Crippen molar-refractivity contribution in [2.24, 2.45) is 5.92 Å². The van der Waals surface area contributed by atoms with Crippen LogP contribution in [0.25, 0.3) is 6.08 Å². The highest BCUT2D eigenvalue weighted by molar-refractivity contribution is 6.74. The van der Waals surface area contributed by atoms with Crippen molar-refractivity contribution in [3.8, 4) is 5.75 Å². The van der Waals surface area contributed by atoms with Crippen LogP contribution in [0.15, 0.2) is 30.4 Å². The average molecular weight is 656 g/mol. The Labute approximate surface area is 275 Å². The van der Waals surface area contributed by atoms with Crippen LogP contribution in [0, 0.1) is 5.92 Å². The van der Waals surface area contributed by atoms with Crippen molar-refractivity contribution in [3.05, 3.63) is 41.5 Å². The number of anilines is 1. The van der Waals surface area contributed by atoms with E-state index in [1.165, 1.54) is 6.08 Å². The Bertz CT molecular complexity index is 1400. The second-order valence-electron chi connectivity index (χ2n) is 15.8. The van der Waals surface area contributed by atoms with Gasteiger partial charge in [0.05, 0.1) is 11.8 Å². The molecule has 4 rings (SSSR count). The Hall–Kier alpha value is -2.95. The Morgan fingerprint density at radius 3 is 2.24 bits per heavy atom. The molecule has 1 aromatic carbocycles. The fraction of sp³-hybridized carbons (Fsp3) is 0.639. The van der Waals surface area contributed by atoms with E-state index in [4.69, 9.17) is 23.4 Å². The van der Waals surface area contributed by atoms with E-state index in [1.54, 1.807) is 37.8 Å². The number of ether oxygens (including phenoxy) is 4. The zero-order chi connectivity index (χ0) is 34.4. The number of ketones is 1. The topological polar surface area (TPSA) is 101 Å². The van der Waals surface area contributed by atoms with Crippen molar-refractivity contribution in [2.75, 3.05) is 4.90 Å². The van der Waals surface area contributed by atoms with Gasteiger partial charge < -0.3 is 23.4 Å². The number of esters is 1. The van der Waals surface area contributed by atoms with Crippen molar-refractivity contribution in [3.63, 3.8) is 0 Å². The first-order valence-corrected chi connectivity index (χ1v) is 19.3. The molecule has 1 aliphatic carbocycles. The maximum Gasteiger partial charge on any atom is 0.415 e. The smallest absolute Gasteiger partial charge is 0.415 e. The van der Waals surface area contributed by atoms with Gasteiger partial charge in [0.25, 0.3) is 8.32 Å². The Balaban J connectivity index is 1.91. The number of fused-ring (bicyclic) bond motifs is 2. The molecule has 1 amide bonds. The van der Waals surface area contributed by atoms with Crippen molar-refractivity contribution in [2.45, 2.75) is 142 Å². The number of nitrogens with zero attached hydrogens (tertiary/aromatic N) is 1. The molecule has 254 valence electrons. The molecular weight excluding hydrogens is 602 g/mol. The zero-order valence-electron chi connectivity index (χ0n) is 29.7. The van der Waals surface area contributed by atoms with Crippen molar-refractivity contribution >= 4 is 37.9 Å². The van der Waals surface area contributed by atoms with Crippen LogP contribution < -0.4 is 9.33 Å². The third-order valence-corrected chi connectivity index (χ3v) is 13.3. The standard InChI is InChI=1S/C36H53NO8Si/c1-22-16-19-27(38)31-28(42-36(9,10)43-31)15-13-14-24-20-26(37(25-17-18-25)33(40)44-34(3,4)5)21-29(30(24)32(39)41-23(22)2)45-46(11,12)35(6,7)8/h13-14,16,19-23,25,28,31H,15,17-18H2,1-12H3/t22-,23+,28+,31-/m1/s1. The maximum absolute atomic E-state index is 14.1.